The molecule has 2 aliphatic heterocycles. The van der Waals surface area contributed by atoms with Gasteiger partial charge in [-0.1, -0.05) is 52.3 Å². The van der Waals surface area contributed by atoms with Crippen LogP contribution in [-0.4, -0.2) is 16.4 Å². The van der Waals surface area contributed by atoms with Crippen LogP contribution in [0, 0.1) is 0 Å². The molecule has 3 aliphatic rings. The molecule has 0 aromatic heterocycles. The maximum atomic E-state index is 6.60. The molecule has 1 atom stereocenters. The largest absolute Gasteiger partial charge is 0.466 e. The van der Waals surface area contributed by atoms with Gasteiger partial charge in [-0.3, -0.25) is 0 Å². The van der Waals surface area contributed by atoms with Gasteiger partial charge in [0.1, 0.15) is 5.75 Å². The molecule has 1 fully saturated rings. The molecule has 0 saturated heterocycles. The summed E-state index contributed by atoms with van der Waals surface area (Å²) in [7, 11) is 0. The molecule has 3 aromatic rings. The zero-order valence-electron chi connectivity index (χ0n) is 15.6. The molecule has 3 aromatic carbocycles. The van der Waals surface area contributed by atoms with E-state index in [2.05, 4.69) is 81.6 Å². The predicted octanol–water partition coefficient (Wildman–Crippen LogP) is 6.42. The van der Waals surface area contributed by atoms with E-state index in [0.717, 1.165) is 29.5 Å². The van der Waals surface area contributed by atoms with E-state index < -0.39 is 0 Å². The summed E-state index contributed by atoms with van der Waals surface area (Å²) in [6.07, 6.45) is 5.43. The molecule has 0 radical (unpaired) electrons. The first-order chi connectivity index (χ1) is 13.7. The third-order valence-corrected chi connectivity index (χ3v) is 6.92. The molecule has 1 aliphatic carbocycles. The van der Waals surface area contributed by atoms with Crippen molar-refractivity contribution in [3.05, 3.63) is 76.3 Å². The van der Waals surface area contributed by atoms with Crippen molar-refractivity contribution in [3.8, 4) is 5.75 Å². The first-order valence-electron chi connectivity index (χ1n) is 10.1. The average Bonchev–Trinajstić information content (AvgIpc) is 3.37. The van der Waals surface area contributed by atoms with Crippen LogP contribution >= 0.6 is 15.9 Å². The zero-order valence-corrected chi connectivity index (χ0v) is 17.2. The van der Waals surface area contributed by atoms with Crippen LogP contribution in [0.25, 0.3) is 10.8 Å². The van der Waals surface area contributed by atoms with E-state index >= 15 is 0 Å². The molecule has 140 valence electrons. The Morgan fingerprint density at radius 1 is 0.964 bits per heavy atom. The zero-order chi connectivity index (χ0) is 18.7. The third kappa shape index (κ3) is 2.44. The quantitative estimate of drug-likeness (QED) is 0.443. The number of hydrazone groups is 1. The van der Waals surface area contributed by atoms with Gasteiger partial charge in [0.05, 0.1) is 11.8 Å². The van der Waals surface area contributed by atoms with E-state index in [0.29, 0.717) is 0 Å². The molecular weight excluding hydrogens is 412 g/mol. The first-order valence-corrected chi connectivity index (χ1v) is 10.9. The van der Waals surface area contributed by atoms with Crippen molar-refractivity contribution in [1.82, 2.24) is 5.01 Å². The molecule has 6 rings (SSSR count). The van der Waals surface area contributed by atoms with Crippen LogP contribution in [0.15, 0.2) is 70.2 Å². The van der Waals surface area contributed by atoms with E-state index in [-0.39, 0.29) is 11.8 Å². The standard InChI is InChI=1S/C24H21BrN2O/c25-19-9-10-23-20(14-19)22-15-21(26-27(22)24(28-23)11-3-4-12-24)18-8-7-16-5-1-2-6-17(16)13-18/h1-2,5-10,13-14,22H,3-4,11-12,15H2/t22-/m0/s1. The highest BCUT2D eigenvalue weighted by Crippen LogP contribution is 2.52. The Balaban J connectivity index is 1.46. The van der Waals surface area contributed by atoms with Crippen LogP contribution in [0.1, 0.15) is 49.3 Å². The van der Waals surface area contributed by atoms with Gasteiger partial charge in [0.15, 0.2) is 5.72 Å². The van der Waals surface area contributed by atoms with Gasteiger partial charge in [-0.15, -0.1) is 0 Å². The fraction of sp³-hybridized carbons (Fsp3) is 0.292. The number of fused-ring (bicyclic) bond motifs is 5. The fourth-order valence-corrected chi connectivity index (χ4v) is 5.43. The second kappa shape index (κ2) is 6.08. The Morgan fingerprint density at radius 3 is 2.64 bits per heavy atom. The summed E-state index contributed by atoms with van der Waals surface area (Å²) in [6.45, 7) is 0. The van der Waals surface area contributed by atoms with E-state index in [4.69, 9.17) is 9.84 Å². The van der Waals surface area contributed by atoms with E-state index in [1.807, 2.05) is 0 Å². The van der Waals surface area contributed by atoms with Crippen LogP contribution in [-0.2, 0) is 0 Å². The lowest BCUT2D eigenvalue weighted by atomic mass is 9.93. The molecule has 0 N–H and O–H groups in total. The van der Waals surface area contributed by atoms with Crippen LogP contribution < -0.4 is 4.74 Å². The summed E-state index contributed by atoms with van der Waals surface area (Å²) >= 11 is 3.64. The summed E-state index contributed by atoms with van der Waals surface area (Å²) in [5, 5.41) is 9.99. The lowest BCUT2D eigenvalue weighted by Crippen LogP contribution is -2.51. The summed E-state index contributed by atoms with van der Waals surface area (Å²) in [5.41, 5.74) is 3.35. The van der Waals surface area contributed by atoms with Gasteiger partial charge in [0.2, 0.25) is 0 Å². The molecule has 1 saturated carbocycles. The maximum absolute atomic E-state index is 6.60. The Kier molecular flexibility index (Phi) is 3.61. The second-order valence-electron chi connectivity index (χ2n) is 8.11. The van der Waals surface area contributed by atoms with Gasteiger partial charge in [0.25, 0.3) is 0 Å². The minimum Gasteiger partial charge on any atom is -0.466 e. The monoisotopic (exact) mass is 432 g/mol. The molecule has 2 heterocycles. The van der Waals surface area contributed by atoms with Crippen LogP contribution in [0.5, 0.6) is 5.75 Å². The minimum atomic E-state index is -0.274. The van der Waals surface area contributed by atoms with Gasteiger partial charge in [-0.25, -0.2) is 5.01 Å². The Morgan fingerprint density at radius 2 is 1.79 bits per heavy atom. The predicted molar refractivity (Wildman–Crippen MR) is 116 cm³/mol. The minimum absolute atomic E-state index is 0.251. The van der Waals surface area contributed by atoms with Gasteiger partial charge in [-0.05, 0) is 53.4 Å². The van der Waals surface area contributed by atoms with Crippen molar-refractivity contribution in [1.29, 1.82) is 0 Å². The summed E-state index contributed by atoms with van der Waals surface area (Å²) in [6, 6.07) is 21.9. The highest BCUT2D eigenvalue weighted by Gasteiger charge is 2.51. The average molecular weight is 433 g/mol. The SMILES string of the molecule is Brc1ccc2c(c1)[C@@H]1CC(c3ccc4ccccc4c3)=NN1C1(CCCC1)O2. The number of halogens is 1. The van der Waals surface area contributed by atoms with Crippen LogP contribution in [0.2, 0.25) is 0 Å². The van der Waals surface area contributed by atoms with Crippen LogP contribution in [0.4, 0.5) is 0 Å². The Bertz CT molecular complexity index is 1120. The van der Waals surface area contributed by atoms with Gasteiger partial charge >= 0.3 is 0 Å². The van der Waals surface area contributed by atoms with Crippen molar-refractivity contribution in [2.24, 2.45) is 5.10 Å². The molecule has 0 unspecified atom stereocenters. The topological polar surface area (TPSA) is 24.8 Å². The third-order valence-electron chi connectivity index (χ3n) is 6.43. The second-order valence-corrected chi connectivity index (χ2v) is 9.03. The van der Waals surface area contributed by atoms with Crippen molar-refractivity contribution in [2.75, 3.05) is 0 Å². The molecule has 0 bridgehead atoms. The number of hydrogen-bond acceptors (Lipinski definition) is 3. The van der Waals surface area contributed by atoms with Crippen LogP contribution in [0.3, 0.4) is 0 Å². The molecular formula is C24H21BrN2O. The Hall–Kier alpha value is -2.33. The van der Waals surface area contributed by atoms with E-state index in [1.54, 1.807) is 0 Å². The van der Waals surface area contributed by atoms with E-state index in [9.17, 15) is 0 Å². The first kappa shape index (κ1) is 16.6. The fourth-order valence-electron chi connectivity index (χ4n) is 5.05. The lowest BCUT2D eigenvalue weighted by Gasteiger charge is -2.45. The maximum Gasteiger partial charge on any atom is 0.198 e. The van der Waals surface area contributed by atoms with Crippen molar-refractivity contribution in [3.63, 3.8) is 0 Å². The summed E-state index contributed by atoms with van der Waals surface area (Å²) in [4.78, 5) is 0. The van der Waals surface area contributed by atoms with Crippen molar-refractivity contribution in [2.45, 2.75) is 43.9 Å². The number of nitrogens with zero attached hydrogens (tertiary/aromatic N) is 2. The molecule has 1 spiro atoms. The van der Waals surface area contributed by atoms with E-state index in [1.165, 1.54) is 40.5 Å². The van der Waals surface area contributed by atoms with Gasteiger partial charge in [0, 0.05) is 29.3 Å². The lowest BCUT2D eigenvalue weighted by molar-refractivity contribution is -0.114. The molecule has 3 nitrogen and oxygen atoms in total. The molecule has 0 amide bonds. The normalized spacial score (nSPS) is 22.1. The highest BCUT2D eigenvalue weighted by atomic mass is 79.9. The van der Waals surface area contributed by atoms with Crippen molar-refractivity contribution >= 4 is 32.4 Å². The van der Waals surface area contributed by atoms with Crippen molar-refractivity contribution < 1.29 is 4.74 Å². The Labute approximate surface area is 173 Å². The van der Waals surface area contributed by atoms with Gasteiger partial charge in [-0.2, -0.15) is 5.10 Å². The number of ether oxygens (including phenoxy) is 1. The summed E-state index contributed by atoms with van der Waals surface area (Å²) in [5.74, 6) is 1.03. The smallest absolute Gasteiger partial charge is 0.198 e. The number of rotatable bonds is 1. The highest BCUT2D eigenvalue weighted by molar-refractivity contribution is 9.10. The van der Waals surface area contributed by atoms with Gasteiger partial charge < -0.3 is 4.74 Å². The molecule has 4 heteroatoms. The number of hydrogen-bond donors (Lipinski definition) is 0. The molecule has 28 heavy (non-hydrogen) atoms. The number of benzene rings is 3. The summed E-state index contributed by atoms with van der Waals surface area (Å²) < 4.78 is 7.70.